The number of aldehydes is 1. The summed E-state index contributed by atoms with van der Waals surface area (Å²) in [5.74, 6) is 0.316. The van der Waals surface area contributed by atoms with Crippen molar-refractivity contribution in [2.24, 2.45) is 5.92 Å². The van der Waals surface area contributed by atoms with E-state index in [0.29, 0.717) is 12.0 Å². The number of allylic oxidation sites excluding steroid dienone is 2. The number of nitrogens with zero attached hydrogens (tertiary/aromatic N) is 1. The Morgan fingerprint density at radius 2 is 2.17 bits per heavy atom. The summed E-state index contributed by atoms with van der Waals surface area (Å²) < 4.78 is 1.13. The third-order valence-electron chi connectivity index (χ3n) is 7.06. The number of hydrogen-bond donors (Lipinski definition) is 1. The minimum Gasteiger partial charge on any atom is -0.357 e. The van der Waals surface area contributed by atoms with Crippen LogP contribution in [0.15, 0.2) is 47.2 Å². The zero-order chi connectivity index (χ0) is 15.8. The van der Waals surface area contributed by atoms with Crippen molar-refractivity contribution < 1.29 is 9.28 Å². The van der Waals surface area contributed by atoms with Crippen LogP contribution in [0.2, 0.25) is 0 Å². The van der Waals surface area contributed by atoms with Crippen LogP contribution in [0.25, 0.3) is 0 Å². The molecule has 3 aliphatic heterocycles. The Morgan fingerprint density at radius 1 is 1.35 bits per heavy atom. The Kier molecular flexibility index (Phi) is 2.45. The maximum absolute atomic E-state index is 12.0. The van der Waals surface area contributed by atoms with E-state index in [0.717, 1.165) is 35.7 Å². The van der Waals surface area contributed by atoms with E-state index in [1.807, 2.05) is 0 Å². The van der Waals surface area contributed by atoms with E-state index in [4.69, 9.17) is 0 Å². The molecule has 2 bridgehead atoms. The minimum atomic E-state index is 0.0390. The number of quaternary nitrogens is 1. The molecule has 1 aromatic rings. The molecule has 0 saturated carbocycles. The van der Waals surface area contributed by atoms with Gasteiger partial charge >= 0.3 is 0 Å². The number of anilines is 1. The number of benzene rings is 1. The van der Waals surface area contributed by atoms with Gasteiger partial charge in [0.15, 0.2) is 0 Å². The van der Waals surface area contributed by atoms with Crippen LogP contribution >= 0.6 is 0 Å². The number of rotatable bonds is 1. The van der Waals surface area contributed by atoms with Gasteiger partial charge in [0, 0.05) is 35.7 Å². The van der Waals surface area contributed by atoms with Crippen molar-refractivity contribution in [1.29, 1.82) is 0 Å². The van der Waals surface area contributed by atoms with Crippen molar-refractivity contribution >= 4 is 12.0 Å². The highest BCUT2D eigenvalue weighted by atomic mass is 16.1. The number of likely N-dealkylation sites (N-methyl/N-ethyl adjacent to an activating group) is 1. The molecule has 3 heterocycles. The molecule has 2 fully saturated rings. The van der Waals surface area contributed by atoms with Crippen molar-refractivity contribution in [3.8, 4) is 0 Å². The van der Waals surface area contributed by atoms with Crippen LogP contribution in [-0.2, 0) is 10.2 Å². The third-order valence-corrected chi connectivity index (χ3v) is 7.06. The van der Waals surface area contributed by atoms with Gasteiger partial charge < -0.3 is 9.80 Å². The molecule has 0 amide bonds. The molecular formula is C20H23N2O+. The van der Waals surface area contributed by atoms with Crippen LogP contribution in [0.4, 0.5) is 5.69 Å². The summed E-state index contributed by atoms with van der Waals surface area (Å²) in [6, 6.07) is 9.27. The summed E-state index contributed by atoms with van der Waals surface area (Å²) >= 11 is 0. The predicted octanol–water partition coefficient (Wildman–Crippen LogP) is 3.00. The lowest BCUT2D eigenvalue weighted by Crippen LogP contribution is -2.61. The van der Waals surface area contributed by atoms with Gasteiger partial charge in [0.25, 0.3) is 0 Å². The van der Waals surface area contributed by atoms with E-state index < -0.39 is 0 Å². The molecule has 3 heteroatoms. The van der Waals surface area contributed by atoms with E-state index in [2.05, 4.69) is 49.6 Å². The van der Waals surface area contributed by atoms with Crippen LogP contribution in [0.5, 0.6) is 0 Å². The summed E-state index contributed by atoms with van der Waals surface area (Å²) in [5.41, 5.74) is 6.35. The SMILES string of the molecule is C/C=C1\C[N@@+]2(C)CCC34C(=C(C=O)[C@H]1C[C@@H]32)Nc1ccccc14. The number of hydrogen-bond acceptors (Lipinski definition) is 2. The molecular weight excluding hydrogens is 284 g/mol. The van der Waals surface area contributed by atoms with Crippen LogP contribution in [-0.4, -0.2) is 36.9 Å². The molecule has 1 aliphatic carbocycles. The van der Waals surface area contributed by atoms with Crippen molar-refractivity contribution in [3.05, 3.63) is 52.7 Å². The van der Waals surface area contributed by atoms with Crippen LogP contribution < -0.4 is 5.32 Å². The average molecular weight is 307 g/mol. The monoisotopic (exact) mass is 307 g/mol. The maximum atomic E-state index is 12.0. The number of para-hydroxylation sites is 1. The molecule has 1 N–H and O–H groups in total. The van der Waals surface area contributed by atoms with E-state index >= 15 is 0 Å². The standard InChI is InChI=1S/C20H22N2O/c1-3-13-11-22(2)9-8-20-16-6-4-5-7-17(16)21-19(20)15(12-23)14(13)10-18(20)22/h3-7,12,14,18H,8-11H2,1-2H3/p+1/b13-3+/t14-,18-,20?,22+/m0/s1. The molecule has 1 aromatic carbocycles. The Bertz CT molecular complexity index is 793. The molecule has 1 spiro atoms. The quantitative estimate of drug-likeness (QED) is 0.491. The van der Waals surface area contributed by atoms with Gasteiger partial charge in [-0.05, 0) is 24.1 Å². The van der Waals surface area contributed by atoms with E-state index in [9.17, 15) is 4.79 Å². The van der Waals surface area contributed by atoms with E-state index in [1.54, 1.807) is 0 Å². The van der Waals surface area contributed by atoms with E-state index in [1.165, 1.54) is 29.1 Å². The highest BCUT2D eigenvalue weighted by molar-refractivity contribution is 5.84. The first-order valence-corrected chi connectivity index (χ1v) is 8.70. The fourth-order valence-corrected chi connectivity index (χ4v) is 6.07. The van der Waals surface area contributed by atoms with Crippen molar-refractivity contribution in [1.82, 2.24) is 0 Å². The highest BCUT2D eigenvalue weighted by Gasteiger charge is 2.67. The second-order valence-corrected chi connectivity index (χ2v) is 7.87. The minimum absolute atomic E-state index is 0.0390. The summed E-state index contributed by atoms with van der Waals surface area (Å²) in [4.78, 5) is 12.0. The Hall–Kier alpha value is -1.87. The normalized spacial score (nSPS) is 41.6. The summed E-state index contributed by atoms with van der Waals surface area (Å²) in [6.07, 6.45) is 5.65. The molecule has 4 atom stereocenters. The van der Waals surface area contributed by atoms with Crippen molar-refractivity contribution in [3.63, 3.8) is 0 Å². The lowest BCUT2D eigenvalue weighted by molar-refractivity contribution is -0.923. The van der Waals surface area contributed by atoms with Crippen molar-refractivity contribution in [2.75, 3.05) is 25.5 Å². The number of carbonyl (C=O) groups is 1. The second-order valence-electron chi connectivity index (χ2n) is 7.87. The molecule has 4 aliphatic rings. The van der Waals surface area contributed by atoms with Crippen LogP contribution in [0.1, 0.15) is 25.3 Å². The Labute approximate surface area is 137 Å². The van der Waals surface area contributed by atoms with Gasteiger partial charge in [-0.1, -0.05) is 24.3 Å². The zero-order valence-electron chi connectivity index (χ0n) is 13.8. The van der Waals surface area contributed by atoms with Gasteiger partial charge in [-0.15, -0.1) is 0 Å². The topological polar surface area (TPSA) is 29.1 Å². The molecule has 0 radical (unpaired) electrons. The predicted molar refractivity (Wildman–Crippen MR) is 91.0 cm³/mol. The first-order valence-electron chi connectivity index (χ1n) is 8.70. The molecule has 3 nitrogen and oxygen atoms in total. The van der Waals surface area contributed by atoms with Gasteiger partial charge in [0.05, 0.1) is 19.0 Å². The molecule has 1 unspecified atom stereocenters. The number of fused-ring (bicyclic) bond motifs is 2. The van der Waals surface area contributed by atoms with E-state index in [-0.39, 0.29) is 5.41 Å². The summed E-state index contributed by atoms with van der Waals surface area (Å²) in [6.45, 7) is 4.42. The third kappa shape index (κ3) is 1.38. The van der Waals surface area contributed by atoms with Gasteiger partial charge in [-0.2, -0.15) is 0 Å². The Morgan fingerprint density at radius 3 is 2.96 bits per heavy atom. The first kappa shape index (κ1) is 13.6. The molecule has 2 saturated heterocycles. The zero-order valence-corrected chi connectivity index (χ0v) is 13.8. The first-order chi connectivity index (χ1) is 11.1. The summed E-state index contributed by atoms with van der Waals surface area (Å²) in [5, 5.41) is 3.66. The largest absolute Gasteiger partial charge is 0.357 e. The second kappa shape index (κ2) is 4.15. The van der Waals surface area contributed by atoms with Gasteiger partial charge in [0.2, 0.25) is 0 Å². The average Bonchev–Trinajstić information content (AvgIpc) is 3.08. The van der Waals surface area contributed by atoms with Crippen molar-refractivity contribution in [2.45, 2.75) is 31.2 Å². The van der Waals surface area contributed by atoms with Crippen LogP contribution in [0, 0.1) is 5.92 Å². The number of nitrogens with one attached hydrogen (secondary N) is 1. The molecule has 118 valence electrons. The number of carbonyl (C=O) groups excluding carboxylic acids is 1. The smallest absolute Gasteiger partial charge is 0.148 e. The van der Waals surface area contributed by atoms with Gasteiger partial charge in [-0.25, -0.2) is 0 Å². The Balaban J connectivity index is 1.85. The van der Waals surface area contributed by atoms with Gasteiger partial charge in [-0.3, -0.25) is 4.79 Å². The maximum Gasteiger partial charge on any atom is 0.148 e. The fraction of sp³-hybridized carbons (Fsp3) is 0.450. The fourth-order valence-electron chi connectivity index (χ4n) is 6.07. The molecule has 5 rings (SSSR count). The lowest BCUT2D eigenvalue weighted by atomic mass is 9.61. The molecule has 23 heavy (non-hydrogen) atoms. The highest BCUT2D eigenvalue weighted by Crippen LogP contribution is 2.62. The lowest BCUT2D eigenvalue weighted by Gasteiger charge is -2.51. The van der Waals surface area contributed by atoms with Gasteiger partial charge in [0.1, 0.15) is 18.9 Å². The number of piperidine rings is 1. The molecule has 0 aromatic heterocycles. The summed E-state index contributed by atoms with van der Waals surface area (Å²) in [7, 11) is 2.42. The van der Waals surface area contributed by atoms with Crippen LogP contribution in [0.3, 0.4) is 0 Å².